The highest BCUT2D eigenvalue weighted by Crippen LogP contribution is 2.16. The van der Waals surface area contributed by atoms with Crippen molar-refractivity contribution in [3.63, 3.8) is 0 Å². The van der Waals surface area contributed by atoms with Gasteiger partial charge in [-0.05, 0) is 43.3 Å². The number of rotatable bonds is 10. The van der Waals surface area contributed by atoms with Crippen LogP contribution >= 0.6 is 11.6 Å². The van der Waals surface area contributed by atoms with Gasteiger partial charge >= 0.3 is 0 Å². The third-order valence-corrected chi connectivity index (χ3v) is 3.40. The van der Waals surface area contributed by atoms with Gasteiger partial charge in [-0.3, -0.25) is 4.79 Å². The summed E-state index contributed by atoms with van der Waals surface area (Å²) in [6.07, 6.45) is 7.02. The van der Waals surface area contributed by atoms with E-state index in [-0.39, 0.29) is 11.3 Å². The van der Waals surface area contributed by atoms with Crippen LogP contribution in [0, 0.1) is 5.92 Å². The highest BCUT2D eigenvalue weighted by Gasteiger charge is 2.12. The molecule has 0 saturated carbocycles. The molecule has 96 valence electrons. The first-order chi connectivity index (χ1) is 7.65. The van der Waals surface area contributed by atoms with Crippen LogP contribution in [-0.2, 0) is 4.79 Å². The zero-order valence-corrected chi connectivity index (χ0v) is 11.6. The number of halogens is 1. The minimum atomic E-state index is -0.261. The topological polar surface area (TPSA) is 29.1 Å². The zero-order valence-electron chi connectivity index (χ0n) is 10.9. The van der Waals surface area contributed by atoms with Crippen LogP contribution in [0.25, 0.3) is 0 Å². The van der Waals surface area contributed by atoms with Gasteiger partial charge in [0.25, 0.3) is 0 Å². The monoisotopic (exact) mass is 247 g/mol. The van der Waals surface area contributed by atoms with Crippen LogP contribution in [0.3, 0.4) is 0 Å². The maximum Gasteiger partial charge on any atom is 0.238 e. The summed E-state index contributed by atoms with van der Waals surface area (Å²) in [6.45, 7) is 7.37. The largest absolute Gasteiger partial charge is 0.306 e. The molecule has 0 amide bonds. The number of carbonyl (C=O) groups excluding carboxylic acids is 1. The summed E-state index contributed by atoms with van der Waals surface area (Å²) in [5.74, 6) is 0.846. The second-order valence-electron chi connectivity index (χ2n) is 4.42. The van der Waals surface area contributed by atoms with Gasteiger partial charge in [-0.25, -0.2) is 0 Å². The minimum absolute atomic E-state index is 0.159. The van der Waals surface area contributed by atoms with Crippen LogP contribution in [0.1, 0.15) is 59.3 Å². The molecule has 1 N–H and O–H groups in total. The fraction of sp³-hybridized carbons (Fsp3) is 0.923. The maximum absolute atomic E-state index is 11.0. The Hall–Kier alpha value is -0.0800. The molecule has 0 saturated heterocycles. The lowest BCUT2D eigenvalue weighted by molar-refractivity contribution is -0.113. The molecule has 0 aromatic rings. The van der Waals surface area contributed by atoms with Gasteiger partial charge in [-0.15, -0.1) is 0 Å². The predicted octanol–water partition coefficient (Wildman–Crippen LogP) is 3.73. The van der Waals surface area contributed by atoms with E-state index in [1.54, 1.807) is 0 Å². The first-order valence-electron chi connectivity index (χ1n) is 6.58. The van der Waals surface area contributed by atoms with Crippen LogP contribution < -0.4 is 5.32 Å². The molecule has 0 aliphatic heterocycles. The lowest BCUT2D eigenvalue weighted by atomic mass is 9.95. The Kier molecular flexibility index (Phi) is 10.0. The normalized spacial score (nSPS) is 14.8. The molecule has 0 radical (unpaired) electrons. The number of hydrogen-bond acceptors (Lipinski definition) is 2. The lowest BCUT2D eigenvalue weighted by Crippen LogP contribution is -2.34. The molecule has 0 aromatic carbocycles. The summed E-state index contributed by atoms with van der Waals surface area (Å²) >= 11 is 5.46. The first kappa shape index (κ1) is 15.9. The van der Waals surface area contributed by atoms with Crippen molar-refractivity contribution >= 4 is 16.8 Å². The Morgan fingerprint density at radius 3 is 2.31 bits per heavy atom. The maximum atomic E-state index is 11.0. The van der Waals surface area contributed by atoms with E-state index in [9.17, 15) is 4.79 Å². The van der Waals surface area contributed by atoms with Gasteiger partial charge in [0, 0.05) is 0 Å². The van der Waals surface area contributed by atoms with Gasteiger partial charge in [-0.1, -0.05) is 40.0 Å². The van der Waals surface area contributed by atoms with Gasteiger partial charge in [0.2, 0.25) is 5.24 Å². The van der Waals surface area contributed by atoms with Crippen molar-refractivity contribution in [3.05, 3.63) is 0 Å². The van der Waals surface area contributed by atoms with Crippen molar-refractivity contribution in [1.29, 1.82) is 0 Å². The Bertz CT molecular complexity index is 185. The molecule has 0 bridgehead atoms. The predicted molar refractivity (Wildman–Crippen MR) is 70.9 cm³/mol. The quantitative estimate of drug-likeness (QED) is 0.471. The van der Waals surface area contributed by atoms with Gasteiger partial charge in [-0.2, -0.15) is 0 Å². The molecule has 0 aromatic heterocycles. The van der Waals surface area contributed by atoms with E-state index in [2.05, 4.69) is 19.2 Å². The number of nitrogens with one attached hydrogen (secondary N) is 1. The van der Waals surface area contributed by atoms with Crippen LogP contribution in [0.5, 0.6) is 0 Å². The highest BCUT2D eigenvalue weighted by molar-refractivity contribution is 6.64. The SMILES string of the molecule is CCCC(CC)CCCNC(CC)C(=O)Cl. The van der Waals surface area contributed by atoms with E-state index in [0.717, 1.165) is 25.3 Å². The Balaban J connectivity index is 3.60. The molecule has 2 atom stereocenters. The molecule has 0 aliphatic carbocycles. The fourth-order valence-corrected chi connectivity index (χ4v) is 2.24. The number of carbonyl (C=O) groups is 1. The molecule has 0 spiro atoms. The summed E-state index contributed by atoms with van der Waals surface area (Å²) in [4.78, 5) is 11.0. The second-order valence-corrected chi connectivity index (χ2v) is 4.80. The van der Waals surface area contributed by atoms with Gasteiger partial charge in [0.1, 0.15) is 0 Å². The summed E-state index contributed by atoms with van der Waals surface area (Å²) in [5.41, 5.74) is 0. The van der Waals surface area contributed by atoms with Crippen LogP contribution in [0.2, 0.25) is 0 Å². The average molecular weight is 248 g/mol. The van der Waals surface area contributed by atoms with Gasteiger partial charge in [0.15, 0.2) is 0 Å². The fourth-order valence-electron chi connectivity index (χ4n) is 2.01. The van der Waals surface area contributed by atoms with E-state index in [0.29, 0.717) is 0 Å². The van der Waals surface area contributed by atoms with Crippen LogP contribution in [0.15, 0.2) is 0 Å². The van der Waals surface area contributed by atoms with Gasteiger partial charge in [0.05, 0.1) is 6.04 Å². The van der Waals surface area contributed by atoms with Crippen molar-refractivity contribution in [3.8, 4) is 0 Å². The average Bonchev–Trinajstić information content (AvgIpc) is 2.27. The minimum Gasteiger partial charge on any atom is -0.306 e. The Morgan fingerprint density at radius 1 is 1.19 bits per heavy atom. The molecule has 2 unspecified atom stereocenters. The molecule has 0 fully saturated rings. The van der Waals surface area contributed by atoms with E-state index in [1.165, 1.54) is 25.7 Å². The van der Waals surface area contributed by atoms with E-state index in [1.807, 2.05) is 6.92 Å². The zero-order chi connectivity index (χ0) is 12.4. The second kappa shape index (κ2) is 10.1. The molecular weight excluding hydrogens is 222 g/mol. The van der Waals surface area contributed by atoms with Crippen LogP contribution in [0.4, 0.5) is 0 Å². The van der Waals surface area contributed by atoms with E-state index < -0.39 is 0 Å². The van der Waals surface area contributed by atoms with Crippen molar-refractivity contribution in [2.24, 2.45) is 5.92 Å². The Labute approximate surface area is 105 Å². The van der Waals surface area contributed by atoms with Crippen molar-refractivity contribution in [2.45, 2.75) is 65.3 Å². The molecule has 3 heteroatoms. The Morgan fingerprint density at radius 2 is 1.88 bits per heavy atom. The van der Waals surface area contributed by atoms with Crippen molar-refractivity contribution < 1.29 is 4.79 Å². The summed E-state index contributed by atoms with van der Waals surface area (Å²) in [7, 11) is 0. The summed E-state index contributed by atoms with van der Waals surface area (Å²) in [6, 6.07) is -0.159. The summed E-state index contributed by atoms with van der Waals surface area (Å²) < 4.78 is 0. The van der Waals surface area contributed by atoms with Gasteiger partial charge < -0.3 is 5.32 Å². The van der Waals surface area contributed by atoms with Crippen LogP contribution in [-0.4, -0.2) is 17.8 Å². The van der Waals surface area contributed by atoms with E-state index >= 15 is 0 Å². The first-order valence-corrected chi connectivity index (χ1v) is 6.96. The van der Waals surface area contributed by atoms with Crippen molar-refractivity contribution in [2.75, 3.05) is 6.54 Å². The standard InChI is InChI=1S/C13H26ClNO/c1-4-8-11(5-2)9-7-10-15-12(6-3)13(14)16/h11-12,15H,4-10H2,1-3H3. The highest BCUT2D eigenvalue weighted by atomic mass is 35.5. The molecule has 0 rings (SSSR count). The molecule has 0 heterocycles. The van der Waals surface area contributed by atoms with Crippen molar-refractivity contribution in [1.82, 2.24) is 5.32 Å². The number of hydrogen-bond donors (Lipinski definition) is 1. The third kappa shape index (κ3) is 7.24. The van der Waals surface area contributed by atoms with E-state index in [4.69, 9.17) is 11.6 Å². The molecular formula is C13H26ClNO. The smallest absolute Gasteiger partial charge is 0.238 e. The molecule has 16 heavy (non-hydrogen) atoms. The lowest BCUT2D eigenvalue weighted by Gasteiger charge is -2.15. The molecule has 0 aliphatic rings. The molecule has 2 nitrogen and oxygen atoms in total. The summed E-state index contributed by atoms with van der Waals surface area (Å²) in [5, 5.41) is 2.95. The third-order valence-electron chi connectivity index (χ3n) is 3.14.